The maximum absolute atomic E-state index is 12.8. The molecule has 3 rings (SSSR count). The third kappa shape index (κ3) is 4.98. The molecule has 0 spiro atoms. The van der Waals surface area contributed by atoms with Gasteiger partial charge in [0, 0.05) is 17.8 Å². The first kappa shape index (κ1) is 20.5. The second kappa shape index (κ2) is 8.42. The predicted molar refractivity (Wildman–Crippen MR) is 100 cm³/mol. The lowest BCUT2D eigenvalue weighted by molar-refractivity contribution is -0.145. The molecule has 0 unspecified atom stereocenters. The summed E-state index contributed by atoms with van der Waals surface area (Å²) in [5.41, 5.74) is 2.62. The zero-order valence-corrected chi connectivity index (χ0v) is 15.9. The molecule has 2 heterocycles. The van der Waals surface area contributed by atoms with E-state index in [1.807, 2.05) is 36.4 Å². The van der Waals surface area contributed by atoms with Crippen LogP contribution in [0.2, 0.25) is 0 Å². The van der Waals surface area contributed by atoms with Gasteiger partial charge in [0.1, 0.15) is 6.61 Å². The maximum Gasteiger partial charge on any atom is 0.453 e. The van der Waals surface area contributed by atoms with Gasteiger partial charge in [-0.05, 0) is 37.5 Å². The van der Waals surface area contributed by atoms with Crippen molar-refractivity contribution < 1.29 is 22.7 Å². The fraction of sp³-hybridized carbons (Fsp3) is 0.300. The number of hydrogen-bond donors (Lipinski definition) is 0. The number of carbonyl (C=O) groups excluding carboxylic acids is 1. The van der Waals surface area contributed by atoms with E-state index in [4.69, 9.17) is 4.74 Å². The number of alkyl halides is 3. The van der Waals surface area contributed by atoms with Gasteiger partial charge in [-0.1, -0.05) is 36.4 Å². The van der Waals surface area contributed by atoms with Crippen molar-refractivity contribution in [2.75, 3.05) is 6.61 Å². The minimum atomic E-state index is -4.65. The first-order chi connectivity index (χ1) is 13.8. The number of rotatable bonds is 6. The number of halogens is 3. The highest BCUT2D eigenvalue weighted by Gasteiger charge is 2.36. The molecule has 9 heteroatoms. The SMILES string of the molecule is Cc1nc2nc(C(F)(F)F)nn2c(C)c1CCC(=O)OC/C=C/c1ccccc1. The number of hydrogen-bond acceptors (Lipinski definition) is 5. The lowest BCUT2D eigenvalue weighted by atomic mass is 10.1. The van der Waals surface area contributed by atoms with Crippen LogP contribution in [0, 0.1) is 13.8 Å². The van der Waals surface area contributed by atoms with Crippen LogP contribution < -0.4 is 0 Å². The van der Waals surface area contributed by atoms with E-state index in [0.717, 1.165) is 10.1 Å². The number of carbonyl (C=O) groups is 1. The van der Waals surface area contributed by atoms with Crippen LogP contribution in [0.3, 0.4) is 0 Å². The van der Waals surface area contributed by atoms with Crippen molar-refractivity contribution in [1.82, 2.24) is 19.6 Å². The Labute approximate surface area is 165 Å². The van der Waals surface area contributed by atoms with Gasteiger partial charge >= 0.3 is 12.1 Å². The van der Waals surface area contributed by atoms with Gasteiger partial charge in [0.2, 0.25) is 0 Å². The molecule has 0 saturated heterocycles. The summed E-state index contributed by atoms with van der Waals surface area (Å²) in [5.74, 6) is -1.77. The third-order valence-corrected chi connectivity index (χ3v) is 4.33. The van der Waals surface area contributed by atoms with Crippen molar-refractivity contribution in [3.05, 3.63) is 64.7 Å². The Morgan fingerprint density at radius 1 is 1.17 bits per heavy atom. The van der Waals surface area contributed by atoms with Crippen LogP contribution in [0.15, 0.2) is 36.4 Å². The molecule has 0 saturated carbocycles. The second-order valence-electron chi connectivity index (χ2n) is 6.40. The normalized spacial score (nSPS) is 12.0. The Morgan fingerprint density at radius 2 is 1.90 bits per heavy atom. The minimum absolute atomic E-state index is 0.0782. The Bertz CT molecular complexity index is 1040. The first-order valence-electron chi connectivity index (χ1n) is 8.93. The zero-order chi connectivity index (χ0) is 21.0. The van der Waals surface area contributed by atoms with Crippen molar-refractivity contribution in [2.24, 2.45) is 0 Å². The number of aryl methyl sites for hydroxylation is 2. The van der Waals surface area contributed by atoms with Crippen LogP contribution in [0.25, 0.3) is 11.9 Å². The monoisotopic (exact) mass is 404 g/mol. The molecule has 0 fully saturated rings. The van der Waals surface area contributed by atoms with Crippen molar-refractivity contribution in [3.63, 3.8) is 0 Å². The molecule has 6 nitrogen and oxygen atoms in total. The number of fused-ring (bicyclic) bond motifs is 1. The molecule has 0 atom stereocenters. The molecule has 0 aliphatic heterocycles. The fourth-order valence-corrected chi connectivity index (χ4v) is 2.88. The maximum atomic E-state index is 12.8. The summed E-state index contributed by atoms with van der Waals surface area (Å²) < 4.78 is 44.7. The van der Waals surface area contributed by atoms with Gasteiger partial charge in [-0.25, -0.2) is 9.50 Å². The molecule has 1 aromatic carbocycles. The number of esters is 1. The summed E-state index contributed by atoms with van der Waals surface area (Å²) in [7, 11) is 0. The molecular formula is C20H19F3N4O2. The quantitative estimate of drug-likeness (QED) is 0.582. The number of aromatic nitrogens is 4. The molecule has 3 aromatic rings. The minimum Gasteiger partial charge on any atom is -0.461 e. The lowest BCUT2D eigenvalue weighted by Gasteiger charge is -2.10. The van der Waals surface area contributed by atoms with E-state index in [1.165, 1.54) is 0 Å². The van der Waals surface area contributed by atoms with E-state index in [9.17, 15) is 18.0 Å². The zero-order valence-electron chi connectivity index (χ0n) is 15.9. The van der Waals surface area contributed by atoms with Gasteiger partial charge in [-0.3, -0.25) is 4.79 Å². The van der Waals surface area contributed by atoms with Crippen molar-refractivity contribution in [1.29, 1.82) is 0 Å². The van der Waals surface area contributed by atoms with Crippen LogP contribution >= 0.6 is 0 Å². The number of benzene rings is 1. The highest BCUT2D eigenvalue weighted by Crippen LogP contribution is 2.27. The Hall–Kier alpha value is -3.23. The molecule has 0 amide bonds. The topological polar surface area (TPSA) is 69.4 Å². The van der Waals surface area contributed by atoms with Gasteiger partial charge in [-0.15, -0.1) is 5.10 Å². The summed E-state index contributed by atoms with van der Waals surface area (Å²) >= 11 is 0. The second-order valence-corrected chi connectivity index (χ2v) is 6.40. The number of nitrogens with zero attached hydrogens (tertiary/aromatic N) is 4. The van der Waals surface area contributed by atoms with E-state index < -0.39 is 18.0 Å². The average Bonchev–Trinajstić information content (AvgIpc) is 3.10. The van der Waals surface area contributed by atoms with Crippen LogP contribution in [-0.2, 0) is 22.1 Å². The number of ether oxygens (including phenoxy) is 1. The summed E-state index contributed by atoms with van der Waals surface area (Å²) in [4.78, 5) is 19.5. The highest BCUT2D eigenvalue weighted by atomic mass is 19.4. The third-order valence-electron chi connectivity index (χ3n) is 4.33. The van der Waals surface area contributed by atoms with E-state index in [0.29, 0.717) is 17.0 Å². The van der Waals surface area contributed by atoms with E-state index >= 15 is 0 Å². The van der Waals surface area contributed by atoms with Gasteiger partial charge in [0.05, 0.1) is 0 Å². The Kier molecular flexibility index (Phi) is 5.95. The fourth-order valence-electron chi connectivity index (χ4n) is 2.88. The van der Waals surface area contributed by atoms with E-state index in [2.05, 4.69) is 15.1 Å². The van der Waals surface area contributed by atoms with Gasteiger partial charge in [0.15, 0.2) is 0 Å². The van der Waals surface area contributed by atoms with E-state index in [1.54, 1.807) is 19.9 Å². The van der Waals surface area contributed by atoms with Gasteiger partial charge in [-0.2, -0.15) is 18.2 Å². The standard InChI is InChI=1S/C20H19F3N4O2/c1-13-16(14(2)27-19(24-13)25-18(26-27)20(21,22)23)10-11-17(28)29-12-6-9-15-7-4-3-5-8-15/h3-9H,10-12H2,1-2H3/b9-6+. The summed E-state index contributed by atoms with van der Waals surface area (Å²) in [6, 6.07) is 9.60. The van der Waals surface area contributed by atoms with Crippen LogP contribution in [0.5, 0.6) is 0 Å². The van der Waals surface area contributed by atoms with Crippen molar-refractivity contribution in [2.45, 2.75) is 32.9 Å². The van der Waals surface area contributed by atoms with Crippen molar-refractivity contribution in [3.8, 4) is 0 Å². The summed E-state index contributed by atoms with van der Waals surface area (Å²) in [6.07, 6.45) is -0.697. The smallest absolute Gasteiger partial charge is 0.453 e. The highest BCUT2D eigenvalue weighted by molar-refractivity contribution is 5.70. The lowest BCUT2D eigenvalue weighted by Crippen LogP contribution is -2.11. The average molecular weight is 404 g/mol. The molecule has 0 aliphatic carbocycles. The molecular weight excluding hydrogens is 385 g/mol. The molecule has 0 aliphatic rings. The predicted octanol–water partition coefficient (Wildman–Crippen LogP) is 3.95. The van der Waals surface area contributed by atoms with Crippen LogP contribution in [0.1, 0.15) is 34.8 Å². The van der Waals surface area contributed by atoms with Gasteiger partial charge < -0.3 is 4.74 Å². The summed E-state index contributed by atoms with van der Waals surface area (Å²) in [5, 5.41) is 3.49. The molecule has 29 heavy (non-hydrogen) atoms. The molecule has 0 bridgehead atoms. The largest absolute Gasteiger partial charge is 0.461 e. The molecule has 0 radical (unpaired) electrons. The van der Waals surface area contributed by atoms with E-state index in [-0.39, 0.29) is 25.2 Å². The first-order valence-corrected chi connectivity index (χ1v) is 8.93. The van der Waals surface area contributed by atoms with Crippen molar-refractivity contribution >= 4 is 17.8 Å². The Morgan fingerprint density at radius 3 is 2.59 bits per heavy atom. The van der Waals surface area contributed by atoms with Gasteiger partial charge in [0.25, 0.3) is 11.6 Å². The van der Waals surface area contributed by atoms with Crippen LogP contribution in [-0.4, -0.2) is 32.2 Å². The molecule has 2 aromatic heterocycles. The Balaban J connectivity index is 1.62. The van der Waals surface area contributed by atoms with Crippen LogP contribution in [0.4, 0.5) is 13.2 Å². The molecule has 152 valence electrons. The summed E-state index contributed by atoms with van der Waals surface area (Å²) in [6.45, 7) is 3.43. The molecule has 0 N–H and O–H groups in total.